The molecule has 0 spiro atoms. The lowest BCUT2D eigenvalue weighted by molar-refractivity contribution is 0.385. The Kier molecular flexibility index (Phi) is 4.93. The molecule has 106 valence electrons. The number of aromatic nitrogens is 1. The van der Waals surface area contributed by atoms with Gasteiger partial charge in [-0.3, -0.25) is 0 Å². The van der Waals surface area contributed by atoms with Gasteiger partial charge in [0.15, 0.2) is 0 Å². The van der Waals surface area contributed by atoms with E-state index in [9.17, 15) is 0 Å². The third-order valence-corrected chi connectivity index (χ3v) is 3.16. The molecular formula is C14H13Cl2NO3. The third-order valence-electron chi connectivity index (χ3n) is 2.57. The van der Waals surface area contributed by atoms with E-state index in [1.54, 1.807) is 44.6 Å². The van der Waals surface area contributed by atoms with Crippen LogP contribution in [0.5, 0.6) is 23.1 Å². The normalized spacial score (nSPS) is 10.2. The second kappa shape index (κ2) is 6.68. The van der Waals surface area contributed by atoms with Crippen molar-refractivity contribution >= 4 is 23.2 Å². The number of hydrogen-bond acceptors (Lipinski definition) is 4. The van der Waals surface area contributed by atoms with E-state index in [2.05, 4.69) is 4.98 Å². The molecule has 1 heterocycles. The topological polar surface area (TPSA) is 40.6 Å². The first-order valence-corrected chi connectivity index (χ1v) is 6.70. The zero-order chi connectivity index (χ0) is 14.5. The number of pyridine rings is 1. The van der Waals surface area contributed by atoms with Crippen molar-refractivity contribution in [1.82, 2.24) is 4.98 Å². The standard InChI is InChI=1S/C14H13Cl2NO3/c1-18-9-5-10(19-2)7-11(6-9)20-14-4-3-12(16)13(8-15)17-14/h3-7H,8H2,1-2H3. The van der Waals surface area contributed by atoms with E-state index in [-0.39, 0.29) is 5.88 Å². The average Bonchev–Trinajstić information content (AvgIpc) is 2.48. The van der Waals surface area contributed by atoms with Gasteiger partial charge in [-0.15, -0.1) is 11.6 Å². The van der Waals surface area contributed by atoms with Crippen LogP contribution in [0.2, 0.25) is 5.02 Å². The molecular weight excluding hydrogens is 301 g/mol. The summed E-state index contributed by atoms with van der Waals surface area (Å²) >= 11 is 11.7. The van der Waals surface area contributed by atoms with Gasteiger partial charge >= 0.3 is 0 Å². The van der Waals surface area contributed by atoms with Crippen LogP contribution in [0.1, 0.15) is 5.69 Å². The largest absolute Gasteiger partial charge is 0.496 e. The summed E-state index contributed by atoms with van der Waals surface area (Å²) in [6.07, 6.45) is 0. The van der Waals surface area contributed by atoms with Crippen LogP contribution in [0.3, 0.4) is 0 Å². The van der Waals surface area contributed by atoms with Crippen LogP contribution in [-0.4, -0.2) is 19.2 Å². The molecule has 0 aliphatic rings. The number of halogens is 2. The summed E-state index contributed by atoms with van der Waals surface area (Å²) in [6, 6.07) is 8.59. The van der Waals surface area contributed by atoms with Crippen LogP contribution >= 0.6 is 23.2 Å². The Morgan fingerprint density at radius 1 is 1.00 bits per heavy atom. The predicted molar refractivity (Wildman–Crippen MR) is 78.4 cm³/mol. The molecule has 4 nitrogen and oxygen atoms in total. The van der Waals surface area contributed by atoms with Crippen LogP contribution in [0, 0.1) is 0 Å². The number of hydrogen-bond donors (Lipinski definition) is 0. The molecule has 0 saturated carbocycles. The summed E-state index contributed by atoms with van der Waals surface area (Å²) in [4.78, 5) is 4.23. The van der Waals surface area contributed by atoms with Crippen molar-refractivity contribution < 1.29 is 14.2 Å². The van der Waals surface area contributed by atoms with Crippen LogP contribution in [0.25, 0.3) is 0 Å². The molecule has 0 radical (unpaired) electrons. The van der Waals surface area contributed by atoms with Crippen molar-refractivity contribution in [2.75, 3.05) is 14.2 Å². The first kappa shape index (κ1) is 14.8. The Morgan fingerprint density at radius 2 is 1.60 bits per heavy atom. The molecule has 0 unspecified atom stereocenters. The van der Waals surface area contributed by atoms with Gasteiger partial charge in [0.25, 0.3) is 0 Å². The van der Waals surface area contributed by atoms with Gasteiger partial charge in [0.05, 0.1) is 30.8 Å². The maximum atomic E-state index is 5.95. The Morgan fingerprint density at radius 3 is 2.15 bits per heavy atom. The molecule has 0 aliphatic carbocycles. The van der Waals surface area contributed by atoms with Crippen molar-refractivity contribution in [2.45, 2.75) is 5.88 Å². The molecule has 2 aromatic rings. The highest BCUT2D eigenvalue weighted by atomic mass is 35.5. The van der Waals surface area contributed by atoms with Gasteiger partial charge < -0.3 is 14.2 Å². The maximum absolute atomic E-state index is 5.95. The molecule has 6 heteroatoms. The van der Waals surface area contributed by atoms with E-state index >= 15 is 0 Å². The summed E-state index contributed by atoms with van der Waals surface area (Å²) in [6.45, 7) is 0. The number of benzene rings is 1. The second-order valence-corrected chi connectivity index (χ2v) is 4.54. The van der Waals surface area contributed by atoms with E-state index in [0.29, 0.717) is 33.8 Å². The first-order valence-electron chi connectivity index (χ1n) is 5.78. The number of rotatable bonds is 5. The number of ether oxygens (including phenoxy) is 3. The minimum absolute atomic E-state index is 0.220. The van der Waals surface area contributed by atoms with Gasteiger partial charge in [0.2, 0.25) is 5.88 Å². The molecule has 20 heavy (non-hydrogen) atoms. The van der Waals surface area contributed by atoms with Gasteiger partial charge in [-0.25, -0.2) is 4.98 Å². The molecule has 0 fully saturated rings. The van der Waals surface area contributed by atoms with Gasteiger partial charge in [-0.1, -0.05) is 11.6 Å². The van der Waals surface area contributed by atoms with E-state index in [1.165, 1.54) is 0 Å². The Balaban J connectivity index is 2.29. The van der Waals surface area contributed by atoms with Gasteiger partial charge in [0.1, 0.15) is 17.2 Å². The predicted octanol–water partition coefficient (Wildman–Crippen LogP) is 4.28. The van der Waals surface area contributed by atoms with E-state index < -0.39 is 0 Å². The van der Waals surface area contributed by atoms with Crippen molar-refractivity contribution in [3.8, 4) is 23.1 Å². The average molecular weight is 314 g/mol. The fraction of sp³-hybridized carbons (Fsp3) is 0.214. The first-order chi connectivity index (χ1) is 9.66. The lowest BCUT2D eigenvalue weighted by atomic mass is 10.3. The minimum atomic E-state index is 0.220. The highest BCUT2D eigenvalue weighted by Gasteiger charge is 2.07. The van der Waals surface area contributed by atoms with Gasteiger partial charge in [-0.2, -0.15) is 0 Å². The monoisotopic (exact) mass is 313 g/mol. The molecule has 0 amide bonds. The summed E-state index contributed by atoms with van der Waals surface area (Å²) in [5, 5.41) is 0.510. The van der Waals surface area contributed by atoms with Crippen LogP contribution in [-0.2, 0) is 5.88 Å². The molecule has 0 aliphatic heterocycles. The van der Waals surface area contributed by atoms with Crippen molar-refractivity contribution in [3.05, 3.63) is 41.0 Å². The maximum Gasteiger partial charge on any atom is 0.219 e. The zero-order valence-electron chi connectivity index (χ0n) is 11.0. The molecule has 1 aromatic carbocycles. The van der Waals surface area contributed by atoms with Crippen molar-refractivity contribution in [2.24, 2.45) is 0 Å². The van der Waals surface area contributed by atoms with E-state index in [4.69, 9.17) is 37.4 Å². The molecule has 0 bridgehead atoms. The Labute approximate surface area is 127 Å². The van der Waals surface area contributed by atoms with Crippen molar-refractivity contribution in [3.63, 3.8) is 0 Å². The smallest absolute Gasteiger partial charge is 0.219 e. The highest BCUT2D eigenvalue weighted by molar-refractivity contribution is 6.32. The van der Waals surface area contributed by atoms with Gasteiger partial charge in [0, 0.05) is 24.3 Å². The fourth-order valence-corrected chi connectivity index (χ4v) is 2.02. The van der Waals surface area contributed by atoms with Gasteiger partial charge in [-0.05, 0) is 6.07 Å². The Hall–Kier alpha value is -1.65. The van der Waals surface area contributed by atoms with Crippen LogP contribution in [0.15, 0.2) is 30.3 Å². The molecule has 0 saturated heterocycles. The summed E-state index contributed by atoms with van der Waals surface area (Å²) < 4.78 is 16.0. The lowest BCUT2D eigenvalue weighted by Gasteiger charge is -2.10. The summed E-state index contributed by atoms with van der Waals surface area (Å²) in [5.74, 6) is 2.44. The van der Waals surface area contributed by atoms with Crippen LogP contribution in [0.4, 0.5) is 0 Å². The number of nitrogens with zero attached hydrogens (tertiary/aromatic N) is 1. The molecule has 1 aromatic heterocycles. The lowest BCUT2D eigenvalue weighted by Crippen LogP contribution is -1.94. The van der Waals surface area contributed by atoms with E-state index in [1.807, 2.05) is 0 Å². The molecule has 0 atom stereocenters. The zero-order valence-corrected chi connectivity index (χ0v) is 12.5. The fourth-order valence-electron chi connectivity index (χ4n) is 1.58. The second-order valence-electron chi connectivity index (χ2n) is 3.86. The minimum Gasteiger partial charge on any atom is -0.496 e. The van der Waals surface area contributed by atoms with E-state index in [0.717, 1.165) is 0 Å². The highest BCUT2D eigenvalue weighted by Crippen LogP contribution is 2.31. The van der Waals surface area contributed by atoms with Crippen LogP contribution < -0.4 is 14.2 Å². The summed E-state index contributed by atoms with van der Waals surface area (Å²) in [5.41, 5.74) is 0.570. The number of alkyl halides is 1. The third kappa shape index (κ3) is 3.46. The number of methoxy groups -OCH3 is 2. The Bertz CT molecular complexity index is 583. The molecule has 0 N–H and O–H groups in total. The van der Waals surface area contributed by atoms with Crippen molar-refractivity contribution in [1.29, 1.82) is 0 Å². The molecule has 2 rings (SSSR count). The quantitative estimate of drug-likeness (QED) is 0.772. The summed E-state index contributed by atoms with van der Waals surface area (Å²) in [7, 11) is 3.15. The SMILES string of the molecule is COc1cc(OC)cc(Oc2ccc(Cl)c(CCl)n2)c1.